The van der Waals surface area contributed by atoms with Crippen LogP contribution >= 0.6 is 12.1 Å². The molecule has 0 saturated heterocycles. The fourth-order valence-corrected chi connectivity index (χ4v) is 1.12. The predicted octanol–water partition coefficient (Wildman–Crippen LogP) is 1.70. The molecule has 1 aromatic rings. The topological polar surface area (TPSA) is 49.7 Å². The Bertz CT molecular complexity index is 320. The van der Waals surface area contributed by atoms with Gasteiger partial charge in [0.25, 0.3) is 0 Å². The molecule has 0 heterocycles. The Balaban J connectivity index is 2.81. The Morgan fingerprint density at radius 3 is 2.13 bits per heavy atom. The zero-order valence-electron chi connectivity index (χ0n) is 7.23. The van der Waals surface area contributed by atoms with E-state index in [1.807, 2.05) is 0 Å². The van der Waals surface area contributed by atoms with E-state index in [1.165, 1.54) is 0 Å². The van der Waals surface area contributed by atoms with E-state index in [1.54, 1.807) is 0 Å². The fourth-order valence-electron chi connectivity index (χ4n) is 0.894. The highest BCUT2D eigenvalue weighted by Crippen LogP contribution is 2.40. The number of benzene rings is 1. The molecule has 3 nitrogen and oxygen atoms in total. The van der Waals surface area contributed by atoms with Crippen LogP contribution in [-0.4, -0.2) is 17.4 Å². The smallest absolute Gasteiger partial charge is 0.512 e. The predicted molar refractivity (Wildman–Crippen MR) is 49.9 cm³/mol. The number of rotatable bonds is 4. The van der Waals surface area contributed by atoms with Crippen molar-refractivity contribution in [3.05, 3.63) is 29.8 Å². The van der Waals surface area contributed by atoms with Crippen LogP contribution in [0.25, 0.3) is 0 Å². The van der Waals surface area contributed by atoms with Crippen LogP contribution in [-0.2, 0) is 5.25 Å². The maximum atomic E-state index is 12.7. The molecule has 1 aromatic carbocycles. The molecule has 0 aliphatic rings. The van der Waals surface area contributed by atoms with Gasteiger partial charge in [-0.1, -0.05) is 0 Å². The van der Waals surface area contributed by atoms with E-state index in [-0.39, 0.29) is 5.75 Å². The van der Waals surface area contributed by atoms with Crippen LogP contribution in [0.4, 0.5) is 12.7 Å². The summed E-state index contributed by atoms with van der Waals surface area (Å²) in [7, 11) is -2.02. The Labute approximate surface area is 88.3 Å². The zero-order chi connectivity index (χ0) is 11.5. The first-order valence-corrected chi connectivity index (χ1v) is 4.48. The normalized spacial score (nSPS) is 11.3. The molecule has 1 rings (SSSR count). The summed E-state index contributed by atoms with van der Waals surface area (Å²) in [5.41, 5.74) is -0.533. The minimum atomic E-state index is -3.61. The lowest BCUT2D eigenvalue weighted by Gasteiger charge is -2.11. The van der Waals surface area contributed by atoms with Gasteiger partial charge in [-0.05, 0) is 24.3 Å². The molecule has 8 heteroatoms. The Morgan fingerprint density at radius 1 is 1.20 bits per heavy atom. The highest BCUT2D eigenvalue weighted by molar-refractivity contribution is 7.94. The van der Waals surface area contributed by atoms with Crippen LogP contribution in [0.3, 0.4) is 0 Å². The maximum absolute atomic E-state index is 12.7. The molecule has 82 valence electrons. The van der Waals surface area contributed by atoms with Gasteiger partial charge in [-0.3, -0.25) is 0 Å². The Morgan fingerprint density at radius 2 is 1.73 bits per heavy atom. The number of hydrogen-bond acceptors (Lipinski definition) is 4. The third kappa shape index (κ3) is 3.33. The van der Waals surface area contributed by atoms with E-state index in [9.17, 15) is 12.7 Å². The van der Waals surface area contributed by atoms with E-state index >= 15 is 0 Å². The van der Waals surface area contributed by atoms with E-state index < -0.39 is 30.3 Å². The summed E-state index contributed by atoms with van der Waals surface area (Å²) in [6.45, 7) is 0. The van der Waals surface area contributed by atoms with Crippen LogP contribution < -0.4 is 4.65 Å². The van der Waals surface area contributed by atoms with Crippen molar-refractivity contribution in [1.82, 2.24) is 0 Å². The van der Waals surface area contributed by atoms with Crippen LogP contribution in [0, 0.1) is 0 Å². The highest BCUT2D eigenvalue weighted by atomic mass is 32.2. The van der Waals surface area contributed by atoms with Gasteiger partial charge >= 0.3 is 12.6 Å². The molecule has 0 aromatic heterocycles. The van der Waals surface area contributed by atoms with Gasteiger partial charge < -0.3 is 14.7 Å². The molecule has 0 unspecified atom stereocenters. The van der Waals surface area contributed by atoms with Crippen molar-refractivity contribution in [2.24, 2.45) is 0 Å². The monoisotopic (exact) mass is 238 g/mol. The average molecular weight is 238 g/mol. The Kier molecular flexibility index (Phi) is 3.89. The molecule has 0 bridgehead atoms. The third-order valence-electron chi connectivity index (χ3n) is 1.53. The number of alkyl halides is 2. The molecule has 0 saturated carbocycles. The zero-order valence-corrected chi connectivity index (χ0v) is 8.05. The minimum Gasteiger partial charge on any atom is -0.512 e. The maximum Gasteiger partial charge on any atom is 0.707 e. The lowest BCUT2D eigenvalue weighted by atomic mass is 10.2. The summed E-state index contributed by atoms with van der Waals surface area (Å²) in [6.07, 6.45) is 0. The molecule has 0 atom stereocenters. The second-order valence-corrected chi connectivity index (χ2v) is 3.23. The van der Waals surface area contributed by atoms with Crippen molar-refractivity contribution in [3.63, 3.8) is 0 Å². The van der Waals surface area contributed by atoms with Crippen molar-refractivity contribution in [3.8, 4) is 5.75 Å². The highest BCUT2D eigenvalue weighted by Gasteiger charge is 2.33. The Hall–Kier alpha value is -0.855. The van der Waals surface area contributed by atoms with Crippen molar-refractivity contribution >= 4 is 19.5 Å². The van der Waals surface area contributed by atoms with Gasteiger partial charge in [0.2, 0.25) is 0 Å². The van der Waals surface area contributed by atoms with Crippen LogP contribution in [0.5, 0.6) is 5.75 Å². The largest absolute Gasteiger partial charge is 0.707 e. The molecule has 15 heavy (non-hydrogen) atoms. The first-order chi connectivity index (χ1) is 6.95. The minimum absolute atomic E-state index is 0.00610. The molecule has 0 spiro atoms. The van der Waals surface area contributed by atoms with Gasteiger partial charge in [0, 0.05) is 5.56 Å². The van der Waals surface area contributed by atoms with Gasteiger partial charge in [-0.2, -0.15) is 12.7 Å². The van der Waals surface area contributed by atoms with Gasteiger partial charge in [0.15, 0.2) is 0 Å². The molecule has 2 N–H and O–H groups in total. The van der Waals surface area contributed by atoms with E-state index in [2.05, 4.69) is 4.65 Å². The van der Waals surface area contributed by atoms with Crippen LogP contribution in [0.15, 0.2) is 24.3 Å². The SMILES string of the molecule is OB(O)Oc1ccc(C(F)(F)SF)cc1. The quantitative estimate of drug-likeness (QED) is 0.783. The summed E-state index contributed by atoms with van der Waals surface area (Å²) in [4.78, 5) is 0. The van der Waals surface area contributed by atoms with Crippen molar-refractivity contribution in [2.45, 2.75) is 5.25 Å². The van der Waals surface area contributed by atoms with Crippen molar-refractivity contribution in [2.75, 3.05) is 0 Å². The molecular formula is C7H6BF3O3S. The molecule has 0 aliphatic heterocycles. The first-order valence-electron chi connectivity index (χ1n) is 3.76. The van der Waals surface area contributed by atoms with Gasteiger partial charge in [-0.25, -0.2) is 0 Å². The van der Waals surface area contributed by atoms with Gasteiger partial charge in [0.05, 0.1) is 0 Å². The fraction of sp³-hybridized carbons (Fsp3) is 0.143. The van der Waals surface area contributed by atoms with E-state index in [4.69, 9.17) is 10.0 Å². The van der Waals surface area contributed by atoms with Crippen LogP contribution in [0.2, 0.25) is 0 Å². The summed E-state index contributed by atoms with van der Waals surface area (Å²) in [5, 5.41) is 13.2. The third-order valence-corrected chi connectivity index (χ3v) is 1.96. The second-order valence-electron chi connectivity index (χ2n) is 2.56. The van der Waals surface area contributed by atoms with E-state index in [0.717, 1.165) is 24.3 Å². The summed E-state index contributed by atoms with van der Waals surface area (Å²) < 4.78 is 41.7. The van der Waals surface area contributed by atoms with Crippen molar-refractivity contribution < 1.29 is 27.4 Å². The standard InChI is InChI=1S/C7H6BF3O3S/c9-7(10,15-11)5-1-3-6(4-2-5)14-8(12)13/h1-4,12-13H. The first kappa shape index (κ1) is 12.2. The number of halogens is 3. The second kappa shape index (κ2) is 4.78. The number of hydrogen-bond donors (Lipinski definition) is 2. The molecule has 0 amide bonds. The molecule has 0 fully saturated rings. The lowest BCUT2D eigenvalue weighted by Crippen LogP contribution is -2.20. The molecular weight excluding hydrogens is 232 g/mol. The summed E-state index contributed by atoms with van der Waals surface area (Å²) >= 11 is -1.07. The molecule has 0 aliphatic carbocycles. The van der Waals surface area contributed by atoms with Gasteiger partial charge in [-0.15, -0.1) is 0 Å². The summed E-state index contributed by atoms with van der Waals surface area (Å²) in [6, 6.07) is 4.03. The lowest BCUT2D eigenvalue weighted by molar-refractivity contribution is 0.101. The summed E-state index contributed by atoms with van der Waals surface area (Å²) in [5.74, 6) is -0.00610. The van der Waals surface area contributed by atoms with Gasteiger partial charge in [0.1, 0.15) is 17.9 Å². The molecule has 0 radical (unpaired) electrons. The average Bonchev–Trinajstić information content (AvgIpc) is 2.18. The van der Waals surface area contributed by atoms with E-state index in [0.29, 0.717) is 0 Å². The van der Waals surface area contributed by atoms with Crippen LogP contribution in [0.1, 0.15) is 5.56 Å². The van der Waals surface area contributed by atoms with Crippen molar-refractivity contribution in [1.29, 1.82) is 0 Å².